The van der Waals surface area contributed by atoms with Gasteiger partial charge in [-0.3, -0.25) is 0 Å². The zero-order valence-corrected chi connectivity index (χ0v) is 10.8. The van der Waals surface area contributed by atoms with Gasteiger partial charge >= 0.3 is 0 Å². The van der Waals surface area contributed by atoms with Crippen molar-refractivity contribution in [2.45, 2.75) is 12.8 Å². The third-order valence-electron chi connectivity index (χ3n) is 1.75. The molecule has 0 unspecified atom stereocenters. The first-order valence-electron chi connectivity index (χ1n) is 4.30. The van der Waals surface area contributed by atoms with Crippen LogP contribution in [0, 0.1) is 0 Å². The number of halogens is 3. The fraction of sp³-hybridized carbons (Fsp3) is 0.400. The second kappa shape index (κ2) is 6.40. The van der Waals surface area contributed by atoms with Crippen molar-refractivity contribution < 1.29 is 9.13 Å². The molecule has 0 aliphatic heterocycles. The summed E-state index contributed by atoms with van der Waals surface area (Å²) in [6.07, 6.45) is 2.03. The van der Waals surface area contributed by atoms with E-state index >= 15 is 0 Å². The number of benzene rings is 1. The predicted molar refractivity (Wildman–Crippen MR) is 62.9 cm³/mol. The maximum atomic E-state index is 11.9. The molecule has 1 nitrogen and oxygen atoms in total. The molecule has 0 aliphatic rings. The summed E-state index contributed by atoms with van der Waals surface area (Å²) in [5, 5.41) is 0.971. The lowest BCUT2D eigenvalue weighted by Crippen LogP contribution is -1.93. The molecule has 14 heavy (non-hydrogen) atoms. The average molecular weight is 326 g/mol. The molecular formula is C10H11Br2FO. The van der Waals surface area contributed by atoms with Crippen LogP contribution in [0.25, 0.3) is 0 Å². The molecule has 0 aliphatic carbocycles. The van der Waals surface area contributed by atoms with Crippen molar-refractivity contribution in [3.63, 3.8) is 0 Å². The van der Waals surface area contributed by atoms with Crippen molar-refractivity contribution in [3.8, 4) is 5.75 Å². The Kier molecular flexibility index (Phi) is 5.48. The number of rotatable bonds is 5. The van der Waals surface area contributed by atoms with Gasteiger partial charge in [0.2, 0.25) is 6.86 Å². The van der Waals surface area contributed by atoms with Crippen molar-refractivity contribution in [1.29, 1.82) is 0 Å². The fourth-order valence-electron chi connectivity index (χ4n) is 1.18. The van der Waals surface area contributed by atoms with E-state index in [-0.39, 0.29) is 0 Å². The van der Waals surface area contributed by atoms with Crippen LogP contribution in [0.2, 0.25) is 0 Å². The minimum atomic E-state index is -0.783. The third kappa shape index (κ3) is 3.96. The van der Waals surface area contributed by atoms with E-state index < -0.39 is 6.86 Å². The lowest BCUT2D eigenvalue weighted by atomic mass is 10.1. The molecule has 0 fully saturated rings. The molecule has 0 bridgehead atoms. The monoisotopic (exact) mass is 324 g/mol. The average Bonchev–Trinajstić information content (AvgIpc) is 2.14. The molecule has 0 amide bonds. The van der Waals surface area contributed by atoms with Crippen molar-refractivity contribution in [3.05, 3.63) is 28.2 Å². The normalized spacial score (nSPS) is 10.2. The molecule has 4 heteroatoms. The smallest absolute Gasteiger partial charge is 0.228 e. The Morgan fingerprint density at radius 3 is 2.71 bits per heavy atom. The van der Waals surface area contributed by atoms with Crippen LogP contribution in [-0.4, -0.2) is 12.2 Å². The third-order valence-corrected chi connectivity index (χ3v) is 2.77. The highest BCUT2D eigenvalue weighted by Gasteiger charge is 2.00. The van der Waals surface area contributed by atoms with E-state index in [0.717, 1.165) is 28.2 Å². The SMILES string of the molecule is FCOc1cc(Br)cc(CCCBr)c1. The minimum absolute atomic E-state index is 0.575. The summed E-state index contributed by atoms with van der Waals surface area (Å²) in [4.78, 5) is 0. The molecular weight excluding hydrogens is 315 g/mol. The molecule has 78 valence electrons. The Labute approximate surface area is 99.9 Å². The molecule has 0 spiro atoms. The largest absolute Gasteiger partial charge is 0.463 e. The summed E-state index contributed by atoms with van der Waals surface area (Å²) in [5.74, 6) is 0.575. The van der Waals surface area contributed by atoms with E-state index in [0.29, 0.717) is 5.75 Å². The van der Waals surface area contributed by atoms with Crippen LogP contribution in [0.3, 0.4) is 0 Å². The highest BCUT2D eigenvalue weighted by Crippen LogP contribution is 2.22. The Morgan fingerprint density at radius 1 is 1.29 bits per heavy atom. The van der Waals surface area contributed by atoms with Gasteiger partial charge in [-0.2, -0.15) is 0 Å². The number of alkyl halides is 2. The van der Waals surface area contributed by atoms with E-state index in [1.165, 1.54) is 0 Å². The van der Waals surface area contributed by atoms with E-state index in [9.17, 15) is 4.39 Å². The van der Waals surface area contributed by atoms with Gasteiger partial charge in [-0.15, -0.1) is 0 Å². The van der Waals surface area contributed by atoms with Crippen LogP contribution >= 0.6 is 31.9 Å². The van der Waals surface area contributed by atoms with Crippen LogP contribution in [0.15, 0.2) is 22.7 Å². The molecule has 0 heterocycles. The van der Waals surface area contributed by atoms with Crippen LogP contribution in [0.1, 0.15) is 12.0 Å². The number of hydrogen-bond acceptors (Lipinski definition) is 1. The molecule has 0 atom stereocenters. The van der Waals surface area contributed by atoms with Crippen molar-refractivity contribution in [2.75, 3.05) is 12.2 Å². The zero-order valence-electron chi connectivity index (χ0n) is 7.60. The molecule has 0 saturated heterocycles. The topological polar surface area (TPSA) is 9.23 Å². The molecule has 0 aromatic heterocycles. The maximum Gasteiger partial charge on any atom is 0.228 e. The van der Waals surface area contributed by atoms with E-state index in [2.05, 4.69) is 31.9 Å². The molecule has 0 N–H and O–H groups in total. The first-order chi connectivity index (χ1) is 6.76. The summed E-state index contributed by atoms with van der Waals surface area (Å²) < 4.78 is 17.7. The Bertz CT molecular complexity index is 291. The van der Waals surface area contributed by atoms with Crippen molar-refractivity contribution >= 4 is 31.9 Å². The zero-order chi connectivity index (χ0) is 10.4. The Hall–Kier alpha value is -0.0900. The highest BCUT2D eigenvalue weighted by atomic mass is 79.9. The summed E-state index contributed by atoms with van der Waals surface area (Å²) >= 11 is 6.73. The van der Waals surface area contributed by atoms with E-state index in [4.69, 9.17) is 4.74 Å². The van der Waals surface area contributed by atoms with Crippen LogP contribution in [0.5, 0.6) is 5.75 Å². The summed E-state index contributed by atoms with van der Waals surface area (Å²) in [5.41, 5.74) is 1.15. The molecule has 1 aromatic rings. The Morgan fingerprint density at radius 2 is 2.07 bits per heavy atom. The molecule has 0 radical (unpaired) electrons. The first-order valence-corrected chi connectivity index (χ1v) is 6.22. The molecule has 0 saturated carbocycles. The number of aryl methyl sites for hydroxylation is 1. The van der Waals surface area contributed by atoms with Gasteiger partial charge in [-0.05, 0) is 36.6 Å². The molecule has 1 rings (SSSR count). The second-order valence-corrected chi connectivity index (χ2v) is 4.55. The van der Waals surface area contributed by atoms with Gasteiger partial charge in [-0.25, -0.2) is 4.39 Å². The summed E-state index contributed by atoms with van der Waals surface area (Å²) in [6.45, 7) is -0.783. The van der Waals surface area contributed by atoms with Crippen molar-refractivity contribution in [1.82, 2.24) is 0 Å². The van der Waals surface area contributed by atoms with Gasteiger partial charge < -0.3 is 4.74 Å². The van der Waals surface area contributed by atoms with Crippen LogP contribution in [0.4, 0.5) is 4.39 Å². The molecule has 1 aromatic carbocycles. The summed E-state index contributed by atoms with van der Waals surface area (Å²) in [6, 6.07) is 5.65. The van der Waals surface area contributed by atoms with Crippen LogP contribution in [-0.2, 0) is 6.42 Å². The van der Waals surface area contributed by atoms with Crippen molar-refractivity contribution in [2.24, 2.45) is 0 Å². The lowest BCUT2D eigenvalue weighted by Gasteiger charge is -2.05. The fourth-order valence-corrected chi connectivity index (χ4v) is 1.98. The number of ether oxygens (including phenoxy) is 1. The minimum Gasteiger partial charge on any atom is -0.463 e. The van der Waals surface area contributed by atoms with Gasteiger partial charge in [0.25, 0.3) is 0 Å². The first kappa shape index (κ1) is 12.0. The second-order valence-electron chi connectivity index (χ2n) is 2.84. The van der Waals surface area contributed by atoms with Gasteiger partial charge in [0.1, 0.15) is 5.75 Å². The lowest BCUT2D eigenvalue weighted by molar-refractivity contribution is 0.191. The van der Waals surface area contributed by atoms with Gasteiger partial charge in [0.05, 0.1) is 0 Å². The van der Waals surface area contributed by atoms with E-state index in [1.807, 2.05) is 12.1 Å². The Balaban J connectivity index is 2.73. The predicted octanol–water partition coefficient (Wildman–Crippen LogP) is 4.08. The standard InChI is InChI=1S/C10H11Br2FO/c11-3-1-2-8-4-9(12)6-10(5-8)14-7-13/h4-6H,1-3,7H2. The summed E-state index contributed by atoms with van der Waals surface area (Å²) in [7, 11) is 0. The van der Waals surface area contributed by atoms with Gasteiger partial charge in [0, 0.05) is 9.80 Å². The highest BCUT2D eigenvalue weighted by molar-refractivity contribution is 9.10. The van der Waals surface area contributed by atoms with Gasteiger partial charge in [-0.1, -0.05) is 31.9 Å². The van der Waals surface area contributed by atoms with Crippen LogP contribution < -0.4 is 4.74 Å². The van der Waals surface area contributed by atoms with Gasteiger partial charge in [0.15, 0.2) is 0 Å². The van der Waals surface area contributed by atoms with E-state index in [1.54, 1.807) is 6.07 Å². The number of hydrogen-bond donors (Lipinski definition) is 0. The quantitative estimate of drug-likeness (QED) is 0.741. The maximum absolute atomic E-state index is 11.9.